The summed E-state index contributed by atoms with van der Waals surface area (Å²) in [5, 5.41) is 19.6. The number of hydrogen-bond donors (Lipinski definition) is 3. The van der Waals surface area contributed by atoms with Crippen LogP contribution in [0.2, 0.25) is 0 Å². The van der Waals surface area contributed by atoms with Gasteiger partial charge in [0.25, 0.3) is 0 Å². The Hall–Kier alpha value is -2.57. The summed E-state index contributed by atoms with van der Waals surface area (Å²) in [7, 11) is 1.68. The molecule has 0 fully saturated rings. The van der Waals surface area contributed by atoms with Crippen molar-refractivity contribution in [1.29, 1.82) is 0 Å². The van der Waals surface area contributed by atoms with E-state index >= 15 is 0 Å². The lowest BCUT2D eigenvalue weighted by atomic mass is 10.2. The number of aromatic nitrogens is 2. The van der Waals surface area contributed by atoms with Gasteiger partial charge in [-0.25, -0.2) is 4.39 Å². The van der Waals surface area contributed by atoms with Crippen LogP contribution in [0.1, 0.15) is 12.0 Å². The summed E-state index contributed by atoms with van der Waals surface area (Å²) in [5.41, 5.74) is 0.731. The zero-order valence-electron chi connectivity index (χ0n) is 12.5. The zero-order valence-corrected chi connectivity index (χ0v) is 12.5. The summed E-state index contributed by atoms with van der Waals surface area (Å²) < 4.78 is 15.1. The molecular formula is C15H20FN5O. The summed E-state index contributed by atoms with van der Waals surface area (Å²) in [4.78, 5) is 4.11. The molecular weight excluding hydrogens is 285 g/mol. The number of guanidine groups is 1. The van der Waals surface area contributed by atoms with Crippen LogP contribution in [-0.4, -0.2) is 34.4 Å². The maximum absolute atomic E-state index is 13.2. The van der Waals surface area contributed by atoms with E-state index in [4.69, 9.17) is 5.11 Å². The van der Waals surface area contributed by atoms with Gasteiger partial charge in [-0.1, -0.05) is 6.07 Å². The fourth-order valence-electron chi connectivity index (χ4n) is 1.95. The van der Waals surface area contributed by atoms with Crippen LogP contribution < -0.4 is 10.6 Å². The molecule has 0 radical (unpaired) electrons. The number of benzene rings is 1. The third-order valence-electron chi connectivity index (χ3n) is 3.11. The molecule has 7 heteroatoms. The van der Waals surface area contributed by atoms with Crippen LogP contribution in [-0.2, 0) is 13.1 Å². The topological polar surface area (TPSA) is 74.5 Å². The smallest absolute Gasteiger partial charge is 0.191 e. The van der Waals surface area contributed by atoms with Gasteiger partial charge in [0.15, 0.2) is 17.5 Å². The third kappa shape index (κ3) is 4.76. The van der Waals surface area contributed by atoms with Crippen LogP contribution in [0.25, 0.3) is 0 Å². The molecule has 118 valence electrons. The molecule has 6 nitrogen and oxygen atoms in total. The minimum Gasteiger partial charge on any atom is -0.505 e. The summed E-state index contributed by atoms with van der Waals surface area (Å²) in [6.45, 7) is 2.01. The van der Waals surface area contributed by atoms with E-state index in [1.165, 1.54) is 12.1 Å². The molecule has 1 heterocycles. The molecule has 0 spiro atoms. The van der Waals surface area contributed by atoms with E-state index in [1.54, 1.807) is 19.3 Å². The van der Waals surface area contributed by atoms with Crippen molar-refractivity contribution in [3.8, 4) is 5.75 Å². The monoisotopic (exact) mass is 305 g/mol. The minimum absolute atomic E-state index is 0.343. The first-order valence-corrected chi connectivity index (χ1v) is 7.08. The molecule has 0 saturated carbocycles. The normalized spacial score (nSPS) is 11.5. The Morgan fingerprint density at radius 2 is 2.27 bits per heavy atom. The maximum atomic E-state index is 13.2. The van der Waals surface area contributed by atoms with Gasteiger partial charge in [0.2, 0.25) is 0 Å². The molecule has 0 aliphatic heterocycles. The van der Waals surface area contributed by atoms with Gasteiger partial charge in [-0.2, -0.15) is 5.10 Å². The predicted molar refractivity (Wildman–Crippen MR) is 83.1 cm³/mol. The van der Waals surface area contributed by atoms with Crippen LogP contribution in [0.4, 0.5) is 4.39 Å². The second-order valence-electron chi connectivity index (χ2n) is 4.76. The quantitative estimate of drug-likeness (QED) is 0.429. The fraction of sp³-hybridized carbons (Fsp3) is 0.333. The Morgan fingerprint density at radius 1 is 1.41 bits per heavy atom. The number of aromatic hydroxyl groups is 1. The first-order chi connectivity index (χ1) is 10.7. The van der Waals surface area contributed by atoms with Crippen molar-refractivity contribution in [2.45, 2.75) is 19.5 Å². The molecule has 0 bridgehead atoms. The number of rotatable bonds is 6. The van der Waals surface area contributed by atoms with Gasteiger partial charge in [-0.15, -0.1) is 0 Å². The molecule has 2 rings (SSSR count). The highest BCUT2D eigenvalue weighted by Gasteiger charge is 2.03. The summed E-state index contributed by atoms with van der Waals surface area (Å²) in [6.07, 6.45) is 4.59. The number of hydrogen-bond acceptors (Lipinski definition) is 3. The van der Waals surface area contributed by atoms with Gasteiger partial charge >= 0.3 is 0 Å². The number of phenolic OH excluding ortho intramolecular Hbond substituents is 1. The van der Waals surface area contributed by atoms with Gasteiger partial charge in [0.1, 0.15) is 0 Å². The largest absolute Gasteiger partial charge is 0.505 e. The lowest BCUT2D eigenvalue weighted by molar-refractivity contribution is 0.431. The summed E-state index contributed by atoms with van der Waals surface area (Å²) >= 11 is 0. The lowest BCUT2D eigenvalue weighted by Gasteiger charge is -2.12. The highest BCUT2D eigenvalue weighted by Crippen LogP contribution is 2.15. The molecule has 2 aromatic rings. The van der Waals surface area contributed by atoms with Gasteiger partial charge in [0.05, 0.1) is 0 Å². The SMILES string of the molecule is CN=C(NCCCn1cccn1)NCc1ccc(O)c(F)c1. The van der Waals surface area contributed by atoms with Gasteiger partial charge < -0.3 is 15.7 Å². The Morgan fingerprint density at radius 3 is 2.95 bits per heavy atom. The highest BCUT2D eigenvalue weighted by atomic mass is 19.1. The number of halogens is 1. The third-order valence-corrected chi connectivity index (χ3v) is 3.11. The number of nitrogens with zero attached hydrogens (tertiary/aromatic N) is 3. The molecule has 0 aliphatic rings. The molecule has 0 unspecified atom stereocenters. The fourth-order valence-corrected chi connectivity index (χ4v) is 1.95. The number of phenols is 1. The first-order valence-electron chi connectivity index (χ1n) is 7.08. The van der Waals surface area contributed by atoms with E-state index in [-0.39, 0.29) is 5.75 Å². The lowest BCUT2D eigenvalue weighted by Crippen LogP contribution is -2.37. The average molecular weight is 305 g/mol. The summed E-state index contributed by atoms with van der Waals surface area (Å²) in [5.74, 6) is -0.319. The van der Waals surface area contributed by atoms with Gasteiger partial charge in [-0.05, 0) is 30.2 Å². The van der Waals surface area contributed by atoms with E-state index in [2.05, 4.69) is 20.7 Å². The number of aryl methyl sites for hydroxylation is 1. The molecule has 0 aliphatic carbocycles. The second kappa shape index (κ2) is 8.02. The number of nitrogens with one attached hydrogen (secondary N) is 2. The van der Waals surface area contributed by atoms with Crippen LogP contribution in [0.5, 0.6) is 5.75 Å². The Balaban J connectivity index is 1.71. The molecule has 0 saturated heterocycles. The predicted octanol–water partition coefficient (Wildman–Crippen LogP) is 1.48. The number of aliphatic imine (C=N–C) groups is 1. The van der Waals surface area contributed by atoms with Gasteiger partial charge in [0, 0.05) is 39.1 Å². The molecule has 1 aromatic heterocycles. The van der Waals surface area contributed by atoms with Crippen molar-refractivity contribution in [2.24, 2.45) is 4.99 Å². The van der Waals surface area contributed by atoms with Crippen LogP contribution in [0.3, 0.4) is 0 Å². The van der Waals surface area contributed by atoms with E-state index in [1.807, 2.05) is 16.9 Å². The van der Waals surface area contributed by atoms with E-state index < -0.39 is 5.82 Å². The Kier molecular flexibility index (Phi) is 5.76. The molecule has 1 aromatic carbocycles. The van der Waals surface area contributed by atoms with E-state index in [0.717, 1.165) is 25.1 Å². The first kappa shape index (κ1) is 15.8. The standard InChI is InChI=1S/C15H20FN5O/c1-17-15(18-6-2-8-21-9-3-7-20-21)19-11-12-4-5-14(22)13(16)10-12/h3-5,7,9-10,22H,2,6,8,11H2,1H3,(H2,17,18,19). The van der Waals surface area contributed by atoms with Crippen molar-refractivity contribution in [3.63, 3.8) is 0 Å². The molecule has 22 heavy (non-hydrogen) atoms. The average Bonchev–Trinajstić information content (AvgIpc) is 3.03. The van der Waals surface area contributed by atoms with Crippen molar-refractivity contribution >= 4 is 5.96 Å². The maximum Gasteiger partial charge on any atom is 0.191 e. The Labute approximate surface area is 128 Å². The molecule has 0 amide bonds. The minimum atomic E-state index is -0.624. The second-order valence-corrected chi connectivity index (χ2v) is 4.76. The van der Waals surface area contributed by atoms with Crippen LogP contribution in [0, 0.1) is 5.82 Å². The van der Waals surface area contributed by atoms with E-state index in [0.29, 0.717) is 12.5 Å². The van der Waals surface area contributed by atoms with Crippen molar-refractivity contribution in [1.82, 2.24) is 20.4 Å². The van der Waals surface area contributed by atoms with Crippen molar-refractivity contribution in [2.75, 3.05) is 13.6 Å². The van der Waals surface area contributed by atoms with Crippen molar-refractivity contribution < 1.29 is 9.50 Å². The van der Waals surface area contributed by atoms with Crippen LogP contribution >= 0.6 is 0 Å². The molecule has 3 N–H and O–H groups in total. The Bertz CT molecular complexity index is 612. The summed E-state index contributed by atoms with van der Waals surface area (Å²) in [6, 6.07) is 6.20. The highest BCUT2D eigenvalue weighted by molar-refractivity contribution is 5.79. The van der Waals surface area contributed by atoms with Gasteiger partial charge in [-0.3, -0.25) is 9.67 Å². The van der Waals surface area contributed by atoms with E-state index in [9.17, 15) is 4.39 Å². The zero-order chi connectivity index (χ0) is 15.8. The van der Waals surface area contributed by atoms with Crippen LogP contribution in [0.15, 0.2) is 41.7 Å². The van der Waals surface area contributed by atoms with Crippen molar-refractivity contribution in [3.05, 3.63) is 48.0 Å². The molecule has 0 atom stereocenters.